The number of nitriles is 1. The number of anilines is 1. The van der Waals surface area contributed by atoms with E-state index in [0.29, 0.717) is 11.7 Å². The molecule has 0 unspecified atom stereocenters. The fourth-order valence-electron chi connectivity index (χ4n) is 3.29. The Morgan fingerprint density at radius 1 is 1.30 bits per heavy atom. The average Bonchev–Trinajstić information content (AvgIpc) is 3.10. The molecule has 140 valence electrons. The lowest BCUT2D eigenvalue weighted by atomic mass is 9.85. The van der Waals surface area contributed by atoms with Gasteiger partial charge in [0.15, 0.2) is 11.3 Å². The van der Waals surface area contributed by atoms with Gasteiger partial charge >= 0.3 is 0 Å². The SMILES string of the molecule is Cc1oncc1/C(O)=C(\C#N)C(=O)Nc1ncc(CC2CCCCC2)cn1. The van der Waals surface area contributed by atoms with Gasteiger partial charge in [-0.1, -0.05) is 37.3 Å². The molecule has 0 spiro atoms. The predicted molar refractivity (Wildman–Crippen MR) is 97.3 cm³/mol. The minimum absolute atomic E-state index is 0.0787. The van der Waals surface area contributed by atoms with E-state index < -0.39 is 17.2 Å². The molecule has 2 heterocycles. The first-order valence-electron chi connectivity index (χ1n) is 8.95. The molecule has 8 nitrogen and oxygen atoms in total. The van der Waals surface area contributed by atoms with Crippen LogP contribution in [0.5, 0.6) is 0 Å². The van der Waals surface area contributed by atoms with Gasteiger partial charge in [0.25, 0.3) is 5.91 Å². The van der Waals surface area contributed by atoms with Crippen molar-refractivity contribution in [1.82, 2.24) is 15.1 Å². The molecular weight excluding hydrogens is 346 g/mol. The molecule has 1 amide bonds. The number of hydrogen-bond acceptors (Lipinski definition) is 7. The van der Waals surface area contributed by atoms with E-state index >= 15 is 0 Å². The predicted octanol–water partition coefficient (Wildman–Crippen LogP) is 3.33. The van der Waals surface area contributed by atoms with Gasteiger partial charge in [-0.25, -0.2) is 9.97 Å². The molecule has 0 radical (unpaired) electrons. The van der Waals surface area contributed by atoms with Crippen LogP contribution in [0.2, 0.25) is 0 Å². The van der Waals surface area contributed by atoms with Crippen LogP contribution in [-0.2, 0) is 11.2 Å². The van der Waals surface area contributed by atoms with E-state index in [1.807, 2.05) is 0 Å². The highest BCUT2D eigenvalue weighted by Crippen LogP contribution is 2.26. The van der Waals surface area contributed by atoms with E-state index in [2.05, 4.69) is 20.4 Å². The zero-order valence-corrected chi connectivity index (χ0v) is 15.1. The summed E-state index contributed by atoms with van der Waals surface area (Å²) >= 11 is 0. The number of aryl methyl sites for hydroxylation is 1. The fourth-order valence-corrected chi connectivity index (χ4v) is 3.29. The highest BCUT2D eigenvalue weighted by molar-refractivity contribution is 6.10. The molecule has 8 heteroatoms. The molecule has 3 rings (SSSR count). The Labute approximate surface area is 156 Å². The lowest BCUT2D eigenvalue weighted by molar-refractivity contribution is -0.112. The monoisotopic (exact) mass is 367 g/mol. The minimum Gasteiger partial charge on any atom is -0.506 e. The molecule has 0 saturated heterocycles. The number of carbonyl (C=O) groups excluding carboxylic acids is 1. The third-order valence-corrected chi connectivity index (χ3v) is 4.76. The lowest BCUT2D eigenvalue weighted by Crippen LogP contribution is -2.17. The van der Waals surface area contributed by atoms with Crippen LogP contribution in [0.15, 0.2) is 28.7 Å². The van der Waals surface area contributed by atoms with Crippen LogP contribution < -0.4 is 5.32 Å². The molecule has 27 heavy (non-hydrogen) atoms. The van der Waals surface area contributed by atoms with Gasteiger partial charge < -0.3 is 9.63 Å². The van der Waals surface area contributed by atoms with Crippen LogP contribution in [0, 0.1) is 24.2 Å². The number of aliphatic hydroxyl groups is 1. The second-order valence-electron chi connectivity index (χ2n) is 6.71. The molecule has 0 atom stereocenters. The van der Waals surface area contributed by atoms with E-state index in [9.17, 15) is 15.2 Å². The summed E-state index contributed by atoms with van der Waals surface area (Å²) in [6.45, 7) is 1.57. The summed E-state index contributed by atoms with van der Waals surface area (Å²) in [7, 11) is 0. The zero-order chi connectivity index (χ0) is 19.2. The maximum atomic E-state index is 12.3. The first kappa shape index (κ1) is 18.6. The Morgan fingerprint density at radius 2 is 2.00 bits per heavy atom. The summed E-state index contributed by atoms with van der Waals surface area (Å²) in [4.78, 5) is 20.6. The molecule has 1 saturated carbocycles. The molecule has 2 N–H and O–H groups in total. The van der Waals surface area contributed by atoms with E-state index in [0.717, 1.165) is 12.0 Å². The van der Waals surface area contributed by atoms with E-state index in [1.165, 1.54) is 38.3 Å². The second kappa shape index (κ2) is 8.45. The van der Waals surface area contributed by atoms with Crippen LogP contribution >= 0.6 is 0 Å². The summed E-state index contributed by atoms with van der Waals surface area (Å²) in [6.07, 6.45) is 11.9. The number of rotatable bonds is 5. The minimum atomic E-state index is -0.796. The Kier molecular flexibility index (Phi) is 5.81. The van der Waals surface area contributed by atoms with Crippen LogP contribution in [0.1, 0.15) is 49.0 Å². The summed E-state index contributed by atoms with van der Waals surface area (Å²) < 4.78 is 4.84. The third kappa shape index (κ3) is 4.50. The Morgan fingerprint density at radius 3 is 2.59 bits per heavy atom. The van der Waals surface area contributed by atoms with Gasteiger partial charge in [-0.05, 0) is 24.8 Å². The zero-order valence-electron chi connectivity index (χ0n) is 15.1. The van der Waals surface area contributed by atoms with Crippen LogP contribution in [0.3, 0.4) is 0 Å². The molecule has 1 aliphatic carbocycles. The normalized spacial score (nSPS) is 15.7. The van der Waals surface area contributed by atoms with Crippen molar-refractivity contribution in [3.8, 4) is 6.07 Å². The van der Waals surface area contributed by atoms with Gasteiger partial charge in [0.2, 0.25) is 5.95 Å². The first-order chi connectivity index (χ1) is 13.1. The van der Waals surface area contributed by atoms with Gasteiger partial charge in [-0.2, -0.15) is 5.26 Å². The summed E-state index contributed by atoms with van der Waals surface area (Å²) in [5.41, 5.74) is 0.750. The number of carbonyl (C=O) groups is 1. The number of nitrogens with zero attached hydrogens (tertiary/aromatic N) is 4. The lowest BCUT2D eigenvalue weighted by Gasteiger charge is -2.21. The highest BCUT2D eigenvalue weighted by atomic mass is 16.5. The van der Waals surface area contributed by atoms with Crippen LogP contribution in [0.25, 0.3) is 5.76 Å². The number of aliphatic hydroxyl groups excluding tert-OH is 1. The largest absolute Gasteiger partial charge is 0.506 e. The molecule has 0 bridgehead atoms. The van der Waals surface area contributed by atoms with Crippen molar-refractivity contribution < 1.29 is 14.4 Å². The van der Waals surface area contributed by atoms with Crippen molar-refractivity contribution in [3.05, 3.63) is 41.1 Å². The second-order valence-corrected chi connectivity index (χ2v) is 6.71. The van der Waals surface area contributed by atoms with Crippen molar-refractivity contribution in [2.75, 3.05) is 5.32 Å². The summed E-state index contributed by atoms with van der Waals surface area (Å²) in [5.74, 6) is -0.246. The van der Waals surface area contributed by atoms with E-state index in [4.69, 9.17) is 4.52 Å². The molecule has 2 aromatic rings. The average molecular weight is 367 g/mol. The molecule has 0 aromatic carbocycles. The fraction of sp³-hybridized carbons (Fsp3) is 0.421. The number of aromatic nitrogens is 3. The molecule has 0 aliphatic heterocycles. The third-order valence-electron chi connectivity index (χ3n) is 4.76. The van der Waals surface area contributed by atoms with Crippen molar-refractivity contribution in [1.29, 1.82) is 5.26 Å². The summed E-state index contributed by atoms with van der Waals surface area (Å²) in [6, 6.07) is 1.70. The van der Waals surface area contributed by atoms with Crippen LogP contribution in [-0.4, -0.2) is 26.1 Å². The Balaban J connectivity index is 1.68. The van der Waals surface area contributed by atoms with Gasteiger partial charge in [0, 0.05) is 12.4 Å². The number of amides is 1. The quantitative estimate of drug-likeness (QED) is 0.471. The standard InChI is InChI=1S/C19H21N5O3/c1-12-16(11-23-27-12)17(25)15(8-20)18(26)24-19-21-9-14(10-22-19)7-13-5-3-2-4-6-13/h9-11,13,25H,2-7H2,1H3,(H,21,22,24,26)/b17-15-. The number of hydrogen-bond donors (Lipinski definition) is 2. The van der Waals surface area contributed by atoms with E-state index in [1.54, 1.807) is 25.4 Å². The first-order valence-corrected chi connectivity index (χ1v) is 8.95. The molecular formula is C19H21N5O3. The topological polar surface area (TPSA) is 125 Å². The Hall–Kier alpha value is -3.21. The van der Waals surface area contributed by atoms with Gasteiger partial charge in [0.1, 0.15) is 11.8 Å². The van der Waals surface area contributed by atoms with E-state index in [-0.39, 0.29) is 11.5 Å². The molecule has 2 aromatic heterocycles. The van der Waals surface area contributed by atoms with Crippen LogP contribution in [0.4, 0.5) is 5.95 Å². The Bertz CT molecular complexity index is 873. The molecule has 1 fully saturated rings. The molecule has 1 aliphatic rings. The maximum Gasteiger partial charge on any atom is 0.272 e. The van der Waals surface area contributed by atoms with Gasteiger partial charge in [0.05, 0.1) is 11.8 Å². The van der Waals surface area contributed by atoms with Crippen molar-refractivity contribution in [2.24, 2.45) is 5.92 Å². The van der Waals surface area contributed by atoms with Crippen molar-refractivity contribution in [2.45, 2.75) is 45.4 Å². The van der Waals surface area contributed by atoms with Gasteiger partial charge in [-0.3, -0.25) is 10.1 Å². The number of nitrogens with one attached hydrogen (secondary N) is 1. The summed E-state index contributed by atoms with van der Waals surface area (Å²) in [5, 5.41) is 25.4. The van der Waals surface area contributed by atoms with Crippen molar-refractivity contribution >= 4 is 17.6 Å². The maximum absolute atomic E-state index is 12.3. The van der Waals surface area contributed by atoms with Gasteiger partial charge in [-0.15, -0.1) is 0 Å². The van der Waals surface area contributed by atoms with Crippen molar-refractivity contribution in [3.63, 3.8) is 0 Å². The highest BCUT2D eigenvalue weighted by Gasteiger charge is 2.21. The smallest absolute Gasteiger partial charge is 0.272 e.